The Bertz CT molecular complexity index is 156. The van der Waals surface area contributed by atoms with Crippen LogP contribution in [0, 0.1) is 5.92 Å². The number of hydrogen-bond donors (Lipinski definition) is 2. The minimum absolute atomic E-state index is 0.546. The van der Waals surface area contributed by atoms with Crippen LogP contribution in [0.15, 0.2) is 0 Å². The van der Waals surface area contributed by atoms with Gasteiger partial charge in [-0.05, 0) is 33.1 Å². The zero-order valence-corrected chi connectivity index (χ0v) is 9.84. The second-order valence-electron chi connectivity index (χ2n) is 5.48. The quantitative estimate of drug-likeness (QED) is 0.712. The molecular weight excluding hydrogens is 174 g/mol. The van der Waals surface area contributed by atoms with Crippen LogP contribution in [-0.2, 0) is 0 Å². The highest BCUT2D eigenvalue weighted by molar-refractivity contribution is 4.76. The molecule has 0 aromatic heterocycles. The van der Waals surface area contributed by atoms with Gasteiger partial charge in [0.05, 0.1) is 5.60 Å². The van der Waals surface area contributed by atoms with E-state index in [0.717, 1.165) is 5.92 Å². The van der Waals surface area contributed by atoms with Gasteiger partial charge in [-0.2, -0.15) is 0 Å². The van der Waals surface area contributed by atoms with E-state index in [0.29, 0.717) is 12.6 Å². The Kier molecular flexibility index (Phi) is 4.39. The molecule has 1 aliphatic rings. The maximum atomic E-state index is 9.56. The monoisotopic (exact) mass is 199 g/mol. The molecule has 1 atom stereocenters. The molecule has 14 heavy (non-hydrogen) atoms. The summed E-state index contributed by atoms with van der Waals surface area (Å²) in [6, 6.07) is 0.546. The van der Waals surface area contributed by atoms with Crippen LogP contribution in [0.1, 0.15) is 52.9 Å². The van der Waals surface area contributed by atoms with Crippen LogP contribution in [0.2, 0.25) is 0 Å². The summed E-state index contributed by atoms with van der Waals surface area (Å²) in [5, 5.41) is 13.0. The fourth-order valence-electron chi connectivity index (χ4n) is 2.25. The Morgan fingerprint density at radius 2 is 1.93 bits per heavy atom. The maximum absolute atomic E-state index is 9.56. The van der Waals surface area contributed by atoms with Crippen molar-refractivity contribution in [3.63, 3.8) is 0 Å². The SMILES string of the molecule is CC(CC1CCCC1)NCC(C)(C)O. The van der Waals surface area contributed by atoms with Crippen LogP contribution in [0.5, 0.6) is 0 Å². The predicted molar refractivity (Wildman–Crippen MR) is 60.3 cm³/mol. The van der Waals surface area contributed by atoms with Gasteiger partial charge in [0.1, 0.15) is 0 Å². The van der Waals surface area contributed by atoms with Crippen molar-refractivity contribution in [2.45, 2.75) is 64.5 Å². The highest BCUT2D eigenvalue weighted by Gasteiger charge is 2.19. The number of hydrogen-bond acceptors (Lipinski definition) is 2. The van der Waals surface area contributed by atoms with E-state index >= 15 is 0 Å². The fraction of sp³-hybridized carbons (Fsp3) is 1.00. The van der Waals surface area contributed by atoms with Crippen LogP contribution in [0.3, 0.4) is 0 Å². The summed E-state index contributed by atoms with van der Waals surface area (Å²) in [7, 11) is 0. The normalized spacial score (nSPS) is 21.4. The molecule has 0 bridgehead atoms. The molecule has 1 rings (SSSR count). The number of rotatable bonds is 5. The lowest BCUT2D eigenvalue weighted by Crippen LogP contribution is -2.39. The van der Waals surface area contributed by atoms with Gasteiger partial charge in [0.25, 0.3) is 0 Å². The summed E-state index contributed by atoms with van der Waals surface area (Å²) in [6.07, 6.45) is 6.94. The van der Waals surface area contributed by atoms with E-state index in [9.17, 15) is 5.11 Å². The summed E-state index contributed by atoms with van der Waals surface area (Å²) in [5.74, 6) is 0.930. The lowest BCUT2D eigenvalue weighted by atomic mass is 9.99. The molecule has 1 fully saturated rings. The minimum atomic E-state index is -0.579. The molecule has 1 saturated carbocycles. The van der Waals surface area contributed by atoms with Crippen molar-refractivity contribution in [1.82, 2.24) is 5.32 Å². The lowest BCUT2D eigenvalue weighted by molar-refractivity contribution is 0.0760. The van der Waals surface area contributed by atoms with Gasteiger partial charge in [0.2, 0.25) is 0 Å². The van der Waals surface area contributed by atoms with Crippen LogP contribution < -0.4 is 5.32 Å². The van der Waals surface area contributed by atoms with Crippen molar-refractivity contribution < 1.29 is 5.11 Å². The molecule has 0 spiro atoms. The first-order valence-electron chi connectivity index (χ1n) is 5.93. The van der Waals surface area contributed by atoms with Crippen molar-refractivity contribution in [3.8, 4) is 0 Å². The van der Waals surface area contributed by atoms with Gasteiger partial charge in [0.15, 0.2) is 0 Å². The Balaban J connectivity index is 2.12. The lowest BCUT2D eigenvalue weighted by Gasteiger charge is -2.23. The summed E-state index contributed by atoms with van der Waals surface area (Å²) in [5.41, 5.74) is -0.579. The Labute approximate surface area is 88.1 Å². The predicted octanol–water partition coefficient (Wildman–Crippen LogP) is 2.32. The van der Waals surface area contributed by atoms with Gasteiger partial charge >= 0.3 is 0 Å². The van der Waals surface area contributed by atoms with Crippen molar-refractivity contribution in [1.29, 1.82) is 0 Å². The number of aliphatic hydroxyl groups is 1. The first-order valence-corrected chi connectivity index (χ1v) is 5.93. The highest BCUT2D eigenvalue weighted by atomic mass is 16.3. The minimum Gasteiger partial charge on any atom is -0.389 e. The molecule has 1 aliphatic carbocycles. The summed E-state index contributed by atoms with van der Waals surface area (Å²) in [6.45, 7) is 6.62. The molecule has 0 saturated heterocycles. The van der Waals surface area contributed by atoms with Gasteiger partial charge in [0, 0.05) is 12.6 Å². The first-order chi connectivity index (χ1) is 6.47. The molecule has 0 amide bonds. The van der Waals surface area contributed by atoms with E-state index in [1.807, 2.05) is 13.8 Å². The molecule has 84 valence electrons. The van der Waals surface area contributed by atoms with Gasteiger partial charge in [-0.3, -0.25) is 0 Å². The van der Waals surface area contributed by atoms with Crippen LogP contribution >= 0.6 is 0 Å². The summed E-state index contributed by atoms with van der Waals surface area (Å²) < 4.78 is 0. The smallest absolute Gasteiger partial charge is 0.0715 e. The van der Waals surface area contributed by atoms with E-state index in [1.54, 1.807) is 0 Å². The largest absolute Gasteiger partial charge is 0.389 e. The van der Waals surface area contributed by atoms with Crippen LogP contribution in [0.25, 0.3) is 0 Å². The molecule has 0 heterocycles. The standard InChI is InChI=1S/C12H25NO/c1-10(13-9-12(2,3)14)8-11-6-4-5-7-11/h10-11,13-14H,4-9H2,1-3H3. The fourth-order valence-corrected chi connectivity index (χ4v) is 2.25. The van der Waals surface area contributed by atoms with Gasteiger partial charge in [-0.15, -0.1) is 0 Å². The summed E-state index contributed by atoms with van der Waals surface area (Å²) >= 11 is 0. The van der Waals surface area contributed by atoms with Gasteiger partial charge in [-0.25, -0.2) is 0 Å². The average Bonchev–Trinajstić information content (AvgIpc) is 2.52. The van der Waals surface area contributed by atoms with Crippen LogP contribution in [0.4, 0.5) is 0 Å². The van der Waals surface area contributed by atoms with Crippen LogP contribution in [-0.4, -0.2) is 23.3 Å². The van der Waals surface area contributed by atoms with Gasteiger partial charge < -0.3 is 10.4 Å². The van der Waals surface area contributed by atoms with Crippen molar-refractivity contribution >= 4 is 0 Å². The van der Waals surface area contributed by atoms with E-state index in [2.05, 4.69) is 12.2 Å². The maximum Gasteiger partial charge on any atom is 0.0715 e. The second kappa shape index (κ2) is 5.13. The molecule has 2 N–H and O–H groups in total. The third kappa shape index (κ3) is 4.97. The highest BCUT2D eigenvalue weighted by Crippen LogP contribution is 2.28. The number of nitrogens with one attached hydrogen (secondary N) is 1. The Hall–Kier alpha value is -0.0800. The van der Waals surface area contributed by atoms with E-state index in [-0.39, 0.29) is 0 Å². The molecule has 0 radical (unpaired) electrons. The molecule has 2 nitrogen and oxygen atoms in total. The Morgan fingerprint density at radius 1 is 1.36 bits per heavy atom. The average molecular weight is 199 g/mol. The third-order valence-electron chi connectivity index (χ3n) is 3.04. The molecule has 0 aliphatic heterocycles. The van der Waals surface area contributed by atoms with E-state index < -0.39 is 5.60 Å². The molecule has 0 aromatic rings. The molecule has 0 aromatic carbocycles. The topological polar surface area (TPSA) is 32.3 Å². The van der Waals surface area contributed by atoms with Crippen molar-refractivity contribution in [2.24, 2.45) is 5.92 Å². The molecule has 1 unspecified atom stereocenters. The summed E-state index contributed by atoms with van der Waals surface area (Å²) in [4.78, 5) is 0. The molecule has 2 heteroatoms. The van der Waals surface area contributed by atoms with Crippen molar-refractivity contribution in [2.75, 3.05) is 6.54 Å². The third-order valence-corrected chi connectivity index (χ3v) is 3.04. The van der Waals surface area contributed by atoms with Crippen molar-refractivity contribution in [3.05, 3.63) is 0 Å². The Morgan fingerprint density at radius 3 is 2.43 bits per heavy atom. The zero-order chi connectivity index (χ0) is 10.6. The van der Waals surface area contributed by atoms with Gasteiger partial charge in [-0.1, -0.05) is 25.7 Å². The van der Waals surface area contributed by atoms with E-state index in [1.165, 1.54) is 32.1 Å². The first kappa shape index (κ1) is 12.0. The molecular formula is C12H25NO. The second-order valence-corrected chi connectivity index (χ2v) is 5.48. The van der Waals surface area contributed by atoms with E-state index in [4.69, 9.17) is 0 Å². The zero-order valence-electron chi connectivity index (χ0n) is 9.84.